The average molecular weight is 248 g/mol. The van der Waals surface area contributed by atoms with Crippen molar-refractivity contribution >= 4 is 17.0 Å². The van der Waals surface area contributed by atoms with Crippen molar-refractivity contribution in [1.82, 2.24) is 4.90 Å². The Hall–Kier alpha value is -0.790. The van der Waals surface area contributed by atoms with Crippen LogP contribution in [0.1, 0.15) is 12.8 Å². The number of amides is 1. The van der Waals surface area contributed by atoms with E-state index in [0.717, 1.165) is 0 Å². The molecule has 0 spiro atoms. The van der Waals surface area contributed by atoms with Gasteiger partial charge in [0.15, 0.2) is 0 Å². The number of nitrogens with two attached hydrogens (primary N) is 1. The zero-order valence-electron chi connectivity index (χ0n) is 8.56. The van der Waals surface area contributed by atoms with Gasteiger partial charge in [0, 0.05) is 0 Å². The van der Waals surface area contributed by atoms with E-state index >= 15 is 0 Å². The van der Waals surface area contributed by atoms with E-state index in [-0.39, 0.29) is 29.5 Å². The SMILES string of the molecule is NC1=C(F)CN([C@H]2CC[C@@H](CO)O2)C(=O)S1. The molecule has 3 N–H and O–H groups in total. The zero-order chi connectivity index (χ0) is 11.7. The molecule has 0 unspecified atom stereocenters. The van der Waals surface area contributed by atoms with Crippen LogP contribution in [0.4, 0.5) is 9.18 Å². The number of carbonyl (C=O) groups excluding carboxylic acids is 1. The molecule has 2 rings (SSSR count). The summed E-state index contributed by atoms with van der Waals surface area (Å²) in [6, 6.07) is 0. The maximum atomic E-state index is 13.3. The Morgan fingerprint density at radius 1 is 1.62 bits per heavy atom. The first kappa shape index (κ1) is 11.7. The topological polar surface area (TPSA) is 75.8 Å². The highest BCUT2D eigenvalue weighted by Gasteiger charge is 2.36. The zero-order valence-corrected chi connectivity index (χ0v) is 9.37. The van der Waals surface area contributed by atoms with Gasteiger partial charge in [-0.1, -0.05) is 0 Å². The fourth-order valence-corrected chi connectivity index (χ4v) is 2.43. The second-order valence-electron chi connectivity index (χ2n) is 3.74. The Bertz CT molecular complexity index is 337. The molecule has 5 nitrogen and oxygen atoms in total. The van der Waals surface area contributed by atoms with Crippen LogP contribution in [0.5, 0.6) is 0 Å². The lowest BCUT2D eigenvalue weighted by atomic mass is 10.2. The minimum atomic E-state index is -0.499. The summed E-state index contributed by atoms with van der Waals surface area (Å²) in [4.78, 5) is 12.9. The van der Waals surface area contributed by atoms with Crippen LogP contribution in [0, 0.1) is 0 Å². The summed E-state index contributed by atoms with van der Waals surface area (Å²) in [7, 11) is 0. The molecule has 0 aromatic heterocycles. The monoisotopic (exact) mass is 248 g/mol. The van der Waals surface area contributed by atoms with E-state index in [1.807, 2.05) is 0 Å². The van der Waals surface area contributed by atoms with Crippen molar-refractivity contribution in [3.05, 3.63) is 10.9 Å². The summed E-state index contributed by atoms with van der Waals surface area (Å²) >= 11 is 0.680. The fourth-order valence-electron chi connectivity index (χ4n) is 1.77. The van der Waals surface area contributed by atoms with E-state index in [1.165, 1.54) is 4.90 Å². The molecule has 0 bridgehead atoms. The molecular formula is C9H13FN2O3S. The first-order valence-electron chi connectivity index (χ1n) is 5.00. The van der Waals surface area contributed by atoms with Crippen LogP contribution >= 0.6 is 11.8 Å². The normalized spacial score (nSPS) is 31.4. The standard InChI is InChI=1S/C9H13FN2O3S/c10-6-3-12(9(14)16-8(6)11)7-2-1-5(4-13)15-7/h5,7,13H,1-4,11H2/t5-,7+/m0/s1. The predicted molar refractivity (Wildman–Crippen MR) is 57.0 cm³/mol. The smallest absolute Gasteiger partial charge is 0.290 e. The first-order valence-corrected chi connectivity index (χ1v) is 5.82. The third-order valence-corrected chi connectivity index (χ3v) is 3.50. The number of halogens is 1. The summed E-state index contributed by atoms with van der Waals surface area (Å²) in [5, 5.41) is 8.53. The second kappa shape index (κ2) is 4.60. The molecule has 0 aromatic rings. The number of thioether (sulfide) groups is 1. The van der Waals surface area contributed by atoms with Gasteiger partial charge in [-0.3, -0.25) is 4.79 Å². The van der Waals surface area contributed by atoms with E-state index in [1.54, 1.807) is 0 Å². The molecule has 1 fully saturated rings. The number of ether oxygens (including phenoxy) is 1. The van der Waals surface area contributed by atoms with Crippen molar-refractivity contribution in [2.45, 2.75) is 25.2 Å². The Labute approximate surface area is 96.4 Å². The minimum absolute atomic E-state index is 0.0713. The maximum Gasteiger partial charge on any atom is 0.290 e. The Balaban J connectivity index is 2.03. The van der Waals surface area contributed by atoms with E-state index < -0.39 is 12.1 Å². The number of carbonyl (C=O) groups is 1. The van der Waals surface area contributed by atoms with Gasteiger partial charge in [0.05, 0.1) is 19.3 Å². The van der Waals surface area contributed by atoms with Crippen molar-refractivity contribution in [2.75, 3.05) is 13.2 Å². The Kier molecular flexibility index (Phi) is 3.36. The molecule has 2 aliphatic heterocycles. The second-order valence-corrected chi connectivity index (χ2v) is 4.73. The van der Waals surface area contributed by atoms with Crippen LogP contribution in [0.3, 0.4) is 0 Å². The van der Waals surface area contributed by atoms with Crippen molar-refractivity contribution < 1.29 is 19.0 Å². The molecule has 7 heteroatoms. The van der Waals surface area contributed by atoms with Gasteiger partial charge in [0.1, 0.15) is 17.1 Å². The molecule has 90 valence electrons. The lowest BCUT2D eigenvalue weighted by Gasteiger charge is -2.30. The van der Waals surface area contributed by atoms with Gasteiger partial charge in [0.2, 0.25) is 0 Å². The van der Waals surface area contributed by atoms with Crippen LogP contribution in [0.25, 0.3) is 0 Å². The number of hydrogen-bond donors (Lipinski definition) is 2. The fraction of sp³-hybridized carbons (Fsp3) is 0.667. The van der Waals surface area contributed by atoms with Crippen molar-refractivity contribution in [3.8, 4) is 0 Å². The summed E-state index contributed by atoms with van der Waals surface area (Å²) in [5.74, 6) is -0.499. The quantitative estimate of drug-likeness (QED) is 0.754. The molecule has 0 aromatic carbocycles. The van der Waals surface area contributed by atoms with Crippen molar-refractivity contribution in [1.29, 1.82) is 0 Å². The number of rotatable bonds is 2. The third kappa shape index (κ3) is 2.16. The van der Waals surface area contributed by atoms with E-state index in [4.69, 9.17) is 15.6 Å². The lowest BCUT2D eigenvalue weighted by Crippen LogP contribution is -2.42. The molecule has 1 amide bonds. The highest BCUT2D eigenvalue weighted by atomic mass is 32.2. The third-order valence-electron chi connectivity index (χ3n) is 2.64. The number of aliphatic hydroxyl groups is 1. The molecule has 0 saturated carbocycles. The van der Waals surface area contributed by atoms with Gasteiger partial charge < -0.3 is 20.5 Å². The molecule has 1 saturated heterocycles. The molecule has 2 atom stereocenters. The van der Waals surface area contributed by atoms with Crippen LogP contribution in [-0.2, 0) is 4.74 Å². The Morgan fingerprint density at radius 3 is 3.00 bits per heavy atom. The van der Waals surface area contributed by atoms with Crippen LogP contribution in [0.15, 0.2) is 10.9 Å². The van der Waals surface area contributed by atoms with Gasteiger partial charge in [0.25, 0.3) is 5.24 Å². The number of hydrogen-bond acceptors (Lipinski definition) is 5. The van der Waals surface area contributed by atoms with Gasteiger partial charge in [-0.25, -0.2) is 4.39 Å². The molecule has 2 heterocycles. The minimum Gasteiger partial charge on any atom is -0.394 e. The van der Waals surface area contributed by atoms with Crippen molar-refractivity contribution in [3.63, 3.8) is 0 Å². The molecule has 0 aliphatic carbocycles. The highest BCUT2D eigenvalue weighted by Crippen LogP contribution is 2.32. The molecule has 2 aliphatic rings. The van der Waals surface area contributed by atoms with Gasteiger partial charge in [-0.05, 0) is 24.6 Å². The van der Waals surface area contributed by atoms with E-state index in [9.17, 15) is 9.18 Å². The summed E-state index contributed by atoms with van der Waals surface area (Å²) in [6.07, 6.45) is 0.589. The molecular weight excluding hydrogens is 235 g/mol. The number of nitrogens with zero attached hydrogens (tertiary/aromatic N) is 1. The van der Waals surface area contributed by atoms with Crippen molar-refractivity contribution in [2.24, 2.45) is 5.73 Å². The van der Waals surface area contributed by atoms with Crippen LogP contribution in [-0.4, -0.2) is 40.7 Å². The molecule has 16 heavy (non-hydrogen) atoms. The summed E-state index contributed by atoms with van der Waals surface area (Å²) < 4.78 is 18.7. The largest absolute Gasteiger partial charge is 0.394 e. The van der Waals surface area contributed by atoms with Gasteiger partial charge >= 0.3 is 0 Å². The maximum absolute atomic E-state index is 13.3. The van der Waals surface area contributed by atoms with Crippen LogP contribution in [0.2, 0.25) is 0 Å². The predicted octanol–water partition coefficient (Wildman–Crippen LogP) is 0.750. The van der Waals surface area contributed by atoms with Crippen LogP contribution < -0.4 is 5.73 Å². The summed E-state index contributed by atoms with van der Waals surface area (Å²) in [5.41, 5.74) is 5.32. The lowest BCUT2D eigenvalue weighted by molar-refractivity contribution is -0.0455. The number of aliphatic hydroxyl groups excluding tert-OH is 1. The highest BCUT2D eigenvalue weighted by molar-refractivity contribution is 8.16. The van der Waals surface area contributed by atoms with E-state index in [2.05, 4.69) is 0 Å². The summed E-state index contributed by atoms with van der Waals surface area (Å²) in [6.45, 7) is -0.216. The van der Waals surface area contributed by atoms with Gasteiger partial charge in [-0.2, -0.15) is 0 Å². The molecule has 0 radical (unpaired) electrons. The first-order chi connectivity index (χ1) is 7.61. The van der Waals surface area contributed by atoms with E-state index in [0.29, 0.717) is 24.6 Å². The van der Waals surface area contributed by atoms with Gasteiger partial charge in [-0.15, -0.1) is 0 Å². The average Bonchev–Trinajstić information content (AvgIpc) is 2.71. The Morgan fingerprint density at radius 2 is 2.38 bits per heavy atom.